The first-order valence-electron chi connectivity index (χ1n) is 12.1. The summed E-state index contributed by atoms with van der Waals surface area (Å²) in [6.45, 7) is 9.02. The van der Waals surface area contributed by atoms with Gasteiger partial charge in [0.05, 0.1) is 9.85 Å². The monoisotopic (exact) mass is 500 g/mol. The number of nitrogens with zero attached hydrogens (tertiary/aromatic N) is 5. The molecule has 0 bridgehead atoms. The van der Waals surface area contributed by atoms with Crippen LogP contribution in [-0.2, 0) is 12.8 Å². The molecule has 2 N–H and O–H groups in total. The predicted octanol–water partition coefficient (Wildman–Crippen LogP) is 4.09. The zero-order valence-electron chi connectivity index (χ0n) is 20.7. The van der Waals surface area contributed by atoms with E-state index in [9.17, 15) is 25.0 Å². The summed E-state index contributed by atoms with van der Waals surface area (Å²) in [4.78, 5) is 41.4. The van der Waals surface area contributed by atoms with Crippen LogP contribution in [0.5, 0.6) is 0 Å². The van der Waals surface area contributed by atoms with Crippen molar-refractivity contribution in [3.05, 3.63) is 61.4 Å². The van der Waals surface area contributed by atoms with Gasteiger partial charge in [-0.05, 0) is 70.0 Å². The molecule has 1 aliphatic carbocycles. The minimum atomic E-state index is -1.58. The quantitative estimate of drug-likeness (QED) is 0.418. The Morgan fingerprint density at radius 1 is 1.25 bits per heavy atom. The van der Waals surface area contributed by atoms with Gasteiger partial charge in [0.25, 0.3) is 0 Å². The van der Waals surface area contributed by atoms with E-state index in [2.05, 4.69) is 42.2 Å². The van der Waals surface area contributed by atoms with Crippen LogP contribution in [0.4, 0.5) is 17.3 Å². The highest BCUT2D eigenvalue weighted by atomic mass is 16.6. The Balaban J connectivity index is 0.000000214. The Hall–Kier alpha value is -3.67. The van der Waals surface area contributed by atoms with Crippen LogP contribution in [0.15, 0.2) is 24.4 Å². The highest BCUT2D eigenvalue weighted by Gasteiger charge is 2.37. The summed E-state index contributed by atoms with van der Waals surface area (Å²) in [6.07, 6.45) is 8.12. The van der Waals surface area contributed by atoms with Crippen molar-refractivity contribution in [1.82, 2.24) is 14.9 Å². The molecule has 1 aromatic heterocycles. The average Bonchev–Trinajstić information content (AvgIpc) is 2.85. The number of aromatic carboxylic acids is 1. The summed E-state index contributed by atoms with van der Waals surface area (Å²) >= 11 is 0. The Labute approximate surface area is 209 Å². The van der Waals surface area contributed by atoms with Gasteiger partial charge in [-0.2, -0.15) is 0 Å². The molecule has 12 nitrogen and oxygen atoms in total. The van der Waals surface area contributed by atoms with Crippen LogP contribution in [0, 0.1) is 26.1 Å². The maximum absolute atomic E-state index is 10.6. The number of hydrogen-bond donors (Lipinski definition) is 2. The van der Waals surface area contributed by atoms with Gasteiger partial charge < -0.3 is 10.4 Å². The molecule has 4 rings (SSSR count). The fourth-order valence-corrected chi connectivity index (χ4v) is 4.96. The minimum absolute atomic E-state index is 0.644. The first-order chi connectivity index (χ1) is 17.1. The summed E-state index contributed by atoms with van der Waals surface area (Å²) in [7, 11) is 0. The number of likely N-dealkylation sites (tertiary alicyclic amines) is 1. The summed E-state index contributed by atoms with van der Waals surface area (Å²) < 4.78 is 0. The third-order valence-electron chi connectivity index (χ3n) is 6.62. The third kappa shape index (κ3) is 6.11. The van der Waals surface area contributed by atoms with Gasteiger partial charge in [-0.1, -0.05) is 13.0 Å². The van der Waals surface area contributed by atoms with Gasteiger partial charge in [0.1, 0.15) is 5.56 Å². The van der Waals surface area contributed by atoms with Gasteiger partial charge in [-0.15, -0.1) is 0 Å². The van der Waals surface area contributed by atoms with E-state index in [-0.39, 0.29) is 0 Å². The van der Waals surface area contributed by atoms with E-state index in [1.54, 1.807) is 0 Å². The van der Waals surface area contributed by atoms with E-state index < -0.39 is 32.8 Å². The molecule has 0 saturated carbocycles. The van der Waals surface area contributed by atoms with Crippen molar-refractivity contribution in [2.24, 2.45) is 5.92 Å². The molecule has 1 aliphatic heterocycles. The Morgan fingerprint density at radius 3 is 2.61 bits per heavy atom. The maximum atomic E-state index is 10.6. The molecule has 0 unspecified atom stereocenters. The fourth-order valence-electron chi connectivity index (χ4n) is 4.96. The molecular weight excluding hydrogens is 468 g/mol. The van der Waals surface area contributed by atoms with Crippen LogP contribution in [0.25, 0.3) is 0 Å². The number of nitro benzene ring substituents is 2. The largest absolute Gasteiger partial charge is 0.477 e. The van der Waals surface area contributed by atoms with Gasteiger partial charge in [0, 0.05) is 36.6 Å². The zero-order valence-corrected chi connectivity index (χ0v) is 20.7. The minimum Gasteiger partial charge on any atom is -0.477 e. The normalized spacial score (nSPS) is 18.9. The standard InChI is InChI=1S/C17H28N4.C7H4N2O6/c1-4-7-18-17-19-11-14-10-16-13(9-15(14)20-17)6-5-8-21(16)12(2)3;10-7(11)4-2-1-3-5(8(12)13)6(4)9(14)15/h11-13,16H,4-10H2,1-3H3,(H,18,19,20);1-3H,(H,10,11)/t13-,16-;/m0./s1. The average molecular weight is 501 g/mol. The second-order valence-electron chi connectivity index (χ2n) is 9.29. The van der Waals surface area contributed by atoms with Crippen LogP contribution < -0.4 is 5.32 Å². The van der Waals surface area contributed by atoms with Gasteiger partial charge >= 0.3 is 17.3 Å². The molecule has 2 aliphatic rings. The number of nitrogens with one attached hydrogen (secondary N) is 1. The molecule has 1 aromatic carbocycles. The van der Waals surface area contributed by atoms with Gasteiger partial charge in [-0.25, -0.2) is 14.8 Å². The molecule has 1 saturated heterocycles. The molecule has 2 aromatic rings. The van der Waals surface area contributed by atoms with Gasteiger partial charge in [-0.3, -0.25) is 25.1 Å². The van der Waals surface area contributed by atoms with Crippen molar-refractivity contribution in [2.75, 3.05) is 18.4 Å². The lowest BCUT2D eigenvalue weighted by atomic mass is 9.77. The number of piperidine rings is 1. The molecule has 1 fully saturated rings. The van der Waals surface area contributed by atoms with Crippen molar-refractivity contribution >= 4 is 23.3 Å². The molecule has 2 atom stereocenters. The van der Waals surface area contributed by atoms with E-state index in [1.165, 1.54) is 30.6 Å². The first-order valence-corrected chi connectivity index (χ1v) is 12.1. The smallest absolute Gasteiger partial charge is 0.360 e. The van der Waals surface area contributed by atoms with E-state index in [0.717, 1.165) is 55.9 Å². The molecule has 194 valence electrons. The van der Waals surface area contributed by atoms with Gasteiger partial charge in [0.2, 0.25) is 5.95 Å². The summed E-state index contributed by atoms with van der Waals surface area (Å²) in [5.41, 5.74) is 0.116. The van der Waals surface area contributed by atoms with Crippen LogP contribution in [0.1, 0.15) is 61.6 Å². The topological polar surface area (TPSA) is 165 Å². The zero-order chi connectivity index (χ0) is 26.4. The molecular formula is C24H32N6O6. The van der Waals surface area contributed by atoms with Crippen molar-refractivity contribution in [3.63, 3.8) is 0 Å². The number of hydrogen-bond acceptors (Lipinski definition) is 9. The third-order valence-corrected chi connectivity index (χ3v) is 6.62. The summed E-state index contributed by atoms with van der Waals surface area (Å²) in [6, 6.07) is 4.24. The summed E-state index contributed by atoms with van der Waals surface area (Å²) in [5, 5.41) is 32.8. The SMILES string of the molecule is CCCNc1ncc2c(n1)C[C@@H]1CCCN(C(C)C)[C@H]1C2.O=C(O)c1cccc([N+](=O)[O-])c1[N+](=O)[O-]. The Bertz CT molecular complexity index is 1090. The molecule has 36 heavy (non-hydrogen) atoms. The van der Waals surface area contributed by atoms with Gasteiger partial charge in [0.15, 0.2) is 0 Å². The fraction of sp³-hybridized carbons (Fsp3) is 0.542. The second kappa shape index (κ2) is 11.8. The number of rotatable bonds is 7. The second-order valence-corrected chi connectivity index (χ2v) is 9.29. The van der Waals surface area contributed by atoms with Crippen molar-refractivity contribution in [3.8, 4) is 0 Å². The van der Waals surface area contributed by atoms with Crippen LogP contribution >= 0.6 is 0 Å². The van der Waals surface area contributed by atoms with E-state index >= 15 is 0 Å². The highest BCUT2D eigenvalue weighted by Crippen LogP contribution is 2.35. The van der Waals surface area contributed by atoms with Crippen molar-refractivity contribution in [2.45, 2.75) is 65.0 Å². The van der Waals surface area contributed by atoms with E-state index in [0.29, 0.717) is 12.1 Å². The lowest BCUT2D eigenvalue weighted by Crippen LogP contribution is -2.52. The maximum Gasteiger partial charge on any atom is 0.360 e. The predicted molar refractivity (Wildman–Crippen MR) is 133 cm³/mol. The number of fused-ring (bicyclic) bond motifs is 2. The van der Waals surface area contributed by atoms with Crippen LogP contribution in [0.3, 0.4) is 0 Å². The van der Waals surface area contributed by atoms with E-state index in [4.69, 9.17) is 10.1 Å². The number of para-hydroxylation sites is 1. The van der Waals surface area contributed by atoms with Crippen LogP contribution in [-0.4, -0.2) is 61.0 Å². The number of carbonyl (C=O) groups is 1. The number of anilines is 1. The summed E-state index contributed by atoms with van der Waals surface area (Å²) in [5.74, 6) is 0.0125. The Kier molecular flexibility index (Phi) is 8.86. The molecule has 0 spiro atoms. The van der Waals surface area contributed by atoms with Crippen LogP contribution in [0.2, 0.25) is 0 Å². The Morgan fingerprint density at radius 2 is 2.00 bits per heavy atom. The lowest BCUT2D eigenvalue weighted by Gasteiger charge is -2.46. The number of carboxylic acids is 1. The number of nitro groups is 2. The number of aromatic nitrogens is 2. The first kappa shape index (κ1) is 26.9. The molecule has 0 radical (unpaired) electrons. The van der Waals surface area contributed by atoms with Crippen molar-refractivity contribution < 1.29 is 19.7 Å². The molecule has 0 amide bonds. The molecule has 12 heteroatoms. The number of carboxylic acid groups (broad SMARTS) is 1. The lowest BCUT2D eigenvalue weighted by molar-refractivity contribution is -0.422. The van der Waals surface area contributed by atoms with Crippen molar-refractivity contribution in [1.29, 1.82) is 0 Å². The van der Waals surface area contributed by atoms with E-state index in [1.807, 2.05) is 0 Å². The molecule has 2 heterocycles. The highest BCUT2D eigenvalue weighted by molar-refractivity contribution is 5.94. The number of benzene rings is 1.